The number of para-hydroxylation sites is 1. The molecule has 1 N–H and O–H groups in total. The molecule has 2 aromatic carbocycles. The third-order valence-corrected chi connectivity index (χ3v) is 7.75. The number of hydrogen-bond acceptors (Lipinski definition) is 6. The van der Waals surface area contributed by atoms with Crippen molar-refractivity contribution in [1.82, 2.24) is 28.8 Å². The molecule has 9 nitrogen and oxygen atoms in total. The fourth-order valence-corrected chi connectivity index (χ4v) is 5.64. The van der Waals surface area contributed by atoms with E-state index in [1.54, 1.807) is 35.9 Å². The largest absolute Gasteiger partial charge is 0.338 e. The highest BCUT2D eigenvalue weighted by atomic mass is 35.5. The van der Waals surface area contributed by atoms with E-state index >= 15 is 0 Å². The van der Waals surface area contributed by atoms with Crippen LogP contribution in [0, 0.1) is 0 Å². The number of imidazole rings is 1. The van der Waals surface area contributed by atoms with Crippen molar-refractivity contribution >= 4 is 46.0 Å². The lowest BCUT2D eigenvalue weighted by Crippen LogP contribution is -2.40. The number of aromatic nitrogens is 5. The number of anilines is 2. The molecule has 0 bridgehead atoms. The van der Waals surface area contributed by atoms with Gasteiger partial charge in [0, 0.05) is 49.7 Å². The first kappa shape index (κ1) is 22.0. The number of halogens is 1. The lowest BCUT2D eigenvalue weighted by atomic mass is 9.86. The van der Waals surface area contributed by atoms with E-state index in [2.05, 4.69) is 32.4 Å². The second-order valence-corrected chi connectivity index (χ2v) is 10.2. The van der Waals surface area contributed by atoms with Gasteiger partial charge in [-0.15, -0.1) is 0 Å². The zero-order chi connectivity index (χ0) is 25.3. The maximum atomic E-state index is 13.5. The van der Waals surface area contributed by atoms with Crippen LogP contribution < -0.4 is 10.9 Å². The minimum absolute atomic E-state index is 0.0972. The molecule has 2 aliphatic rings. The van der Waals surface area contributed by atoms with Crippen molar-refractivity contribution in [1.29, 1.82) is 0 Å². The van der Waals surface area contributed by atoms with Gasteiger partial charge in [0.2, 0.25) is 17.6 Å². The monoisotopic (exact) mass is 511 g/mol. The number of rotatable bonds is 3. The first-order valence-electron chi connectivity index (χ1n) is 12.1. The van der Waals surface area contributed by atoms with Gasteiger partial charge in [0.25, 0.3) is 5.56 Å². The van der Waals surface area contributed by atoms with Crippen molar-refractivity contribution in [3.05, 3.63) is 87.6 Å². The van der Waals surface area contributed by atoms with Crippen molar-refractivity contribution < 1.29 is 4.79 Å². The van der Waals surface area contributed by atoms with Gasteiger partial charge >= 0.3 is 0 Å². The van der Waals surface area contributed by atoms with E-state index in [-0.39, 0.29) is 16.9 Å². The van der Waals surface area contributed by atoms with E-state index in [0.29, 0.717) is 40.0 Å². The number of carbonyl (C=O) groups is 1. The smallest absolute Gasteiger partial charge is 0.270 e. The molecule has 0 unspecified atom stereocenters. The minimum atomic E-state index is -0.304. The maximum Gasteiger partial charge on any atom is 0.270 e. The molecule has 7 rings (SSSR count). The molecule has 1 amide bonds. The second kappa shape index (κ2) is 7.88. The molecule has 0 atom stereocenters. The Hall–Kier alpha value is -4.24. The van der Waals surface area contributed by atoms with Gasteiger partial charge in [0.1, 0.15) is 5.39 Å². The zero-order valence-electron chi connectivity index (χ0n) is 20.0. The fourth-order valence-electron chi connectivity index (χ4n) is 5.42. The third kappa shape index (κ3) is 3.41. The molecule has 0 radical (unpaired) electrons. The summed E-state index contributed by atoms with van der Waals surface area (Å²) in [5.41, 5.74) is 4.07. The molecular formula is C27H22ClN7O2. The van der Waals surface area contributed by atoms with Gasteiger partial charge in [0.15, 0.2) is 5.65 Å². The number of benzene rings is 2. The molecule has 0 saturated heterocycles. The highest BCUT2D eigenvalue weighted by Crippen LogP contribution is 2.52. The maximum absolute atomic E-state index is 13.5. The van der Waals surface area contributed by atoms with Crippen molar-refractivity contribution in [2.75, 3.05) is 11.9 Å². The summed E-state index contributed by atoms with van der Waals surface area (Å²) in [4.78, 5) is 41.1. The fraction of sp³-hybridized carbons (Fsp3) is 0.222. The highest BCUT2D eigenvalue weighted by Gasteiger charge is 2.49. The van der Waals surface area contributed by atoms with Crippen LogP contribution in [-0.2, 0) is 16.8 Å². The van der Waals surface area contributed by atoms with Gasteiger partial charge in [-0.1, -0.05) is 29.8 Å². The van der Waals surface area contributed by atoms with Crippen LogP contribution in [0.2, 0.25) is 5.02 Å². The minimum Gasteiger partial charge on any atom is -0.338 e. The summed E-state index contributed by atoms with van der Waals surface area (Å²) < 4.78 is 3.22. The van der Waals surface area contributed by atoms with Crippen LogP contribution in [0.1, 0.15) is 30.9 Å². The molecule has 1 fully saturated rings. The quantitative estimate of drug-likeness (QED) is 0.389. The summed E-state index contributed by atoms with van der Waals surface area (Å²) in [6.45, 7) is 3.02. The van der Waals surface area contributed by atoms with E-state index < -0.39 is 0 Å². The Morgan fingerprint density at radius 1 is 1.14 bits per heavy atom. The van der Waals surface area contributed by atoms with Gasteiger partial charge in [-0.25, -0.2) is 14.5 Å². The lowest BCUT2D eigenvalue weighted by molar-refractivity contribution is -0.130. The molecular weight excluding hydrogens is 490 g/mol. The molecule has 1 aliphatic heterocycles. The Bertz CT molecular complexity index is 1800. The molecule has 37 heavy (non-hydrogen) atoms. The molecule has 3 aromatic heterocycles. The second-order valence-electron chi connectivity index (χ2n) is 9.77. The van der Waals surface area contributed by atoms with Gasteiger partial charge in [-0.05, 0) is 48.2 Å². The average Bonchev–Trinajstić information content (AvgIpc) is 3.47. The first-order valence-corrected chi connectivity index (χ1v) is 12.5. The van der Waals surface area contributed by atoms with Crippen molar-refractivity contribution in [3.63, 3.8) is 0 Å². The van der Waals surface area contributed by atoms with Crippen LogP contribution in [0.4, 0.5) is 11.6 Å². The van der Waals surface area contributed by atoms with E-state index in [0.717, 1.165) is 30.6 Å². The normalized spacial score (nSPS) is 15.8. The molecule has 10 heteroatoms. The highest BCUT2D eigenvalue weighted by molar-refractivity contribution is 6.32. The zero-order valence-corrected chi connectivity index (χ0v) is 20.7. The Morgan fingerprint density at radius 2 is 1.97 bits per heavy atom. The van der Waals surface area contributed by atoms with Gasteiger partial charge in [-0.2, -0.15) is 4.98 Å². The van der Waals surface area contributed by atoms with E-state index in [1.165, 1.54) is 16.3 Å². The summed E-state index contributed by atoms with van der Waals surface area (Å²) in [7, 11) is 0. The van der Waals surface area contributed by atoms with Crippen LogP contribution in [0.15, 0.2) is 65.8 Å². The number of nitrogens with zero attached hydrogens (tertiary/aromatic N) is 6. The predicted molar refractivity (Wildman–Crippen MR) is 141 cm³/mol. The Morgan fingerprint density at radius 3 is 2.76 bits per heavy atom. The number of fused-ring (bicyclic) bond motifs is 5. The Kier molecular flexibility index (Phi) is 4.68. The predicted octanol–water partition coefficient (Wildman–Crippen LogP) is 4.22. The van der Waals surface area contributed by atoms with Gasteiger partial charge in [0.05, 0.1) is 10.7 Å². The van der Waals surface area contributed by atoms with Crippen molar-refractivity contribution in [2.45, 2.75) is 31.7 Å². The first-order chi connectivity index (χ1) is 17.9. The molecule has 1 spiro atoms. The lowest BCUT2D eigenvalue weighted by Gasteiger charge is -2.34. The van der Waals surface area contributed by atoms with Crippen molar-refractivity contribution in [2.24, 2.45) is 0 Å². The van der Waals surface area contributed by atoms with Crippen LogP contribution in [0.3, 0.4) is 0 Å². The number of carbonyl (C=O) groups excluding carboxylic acids is 1. The SMILES string of the molecule is CC(=O)N1Cc2cc(Nc3ncc4c(=O)n(-c5ccccc5Cl)c5nccn5c4n3)ccc2C2(CC2)C1. The van der Waals surface area contributed by atoms with Crippen LogP contribution in [0.5, 0.6) is 0 Å². The molecule has 184 valence electrons. The number of amides is 1. The van der Waals surface area contributed by atoms with Crippen LogP contribution in [0.25, 0.3) is 22.5 Å². The molecule has 1 saturated carbocycles. The van der Waals surface area contributed by atoms with Crippen LogP contribution in [-0.4, -0.2) is 41.3 Å². The number of hydrogen-bond donors (Lipinski definition) is 1. The molecule has 4 heterocycles. The number of nitrogens with one attached hydrogen (secondary N) is 1. The topological polar surface area (TPSA) is 97.4 Å². The summed E-state index contributed by atoms with van der Waals surface area (Å²) in [5.74, 6) is 0.862. The van der Waals surface area contributed by atoms with Crippen molar-refractivity contribution in [3.8, 4) is 5.69 Å². The Balaban J connectivity index is 1.30. The van der Waals surface area contributed by atoms with E-state index in [9.17, 15) is 9.59 Å². The average molecular weight is 512 g/mol. The Labute approximate surface area is 216 Å². The summed E-state index contributed by atoms with van der Waals surface area (Å²) >= 11 is 6.40. The summed E-state index contributed by atoms with van der Waals surface area (Å²) in [6, 6.07) is 13.4. The van der Waals surface area contributed by atoms with Gasteiger partial charge in [-0.3, -0.25) is 14.0 Å². The molecule has 1 aliphatic carbocycles. The summed E-state index contributed by atoms with van der Waals surface area (Å²) in [6.07, 6.45) is 7.11. The third-order valence-electron chi connectivity index (χ3n) is 7.43. The van der Waals surface area contributed by atoms with E-state index in [1.807, 2.05) is 23.1 Å². The standard InChI is InChI=1S/C27H22ClN7O2/c1-16(36)33-14-17-12-18(6-7-20(17)27(15-33)8-9-27)31-25-30-13-19-23(32-25)34-11-10-29-26(34)35(24(19)37)22-5-3-2-4-21(22)28/h2-7,10-13H,8-9,14-15H2,1H3,(H,30,31,32). The summed E-state index contributed by atoms with van der Waals surface area (Å²) in [5, 5.41) is 4.06. The van der Waals surface area contributed by atoms with E-state index in [4.69, 9.17) is 11.6 Å². The molecule has 5 aromatic rings. The van der Waals surface area contributed by atoms with Crippen LogP contribution >= 0.6 is 11.6 Å². The van der Waals surface area contributed by atoms with Gasteiger partial charge < -0.3 is 10.2 Å².